The Bertz CT molecular complexity index is 744. The highest BCUT2D eigenvalue weighted by Crippen LogP contribution is 2.28. The summed E-state index contributed by atoms with van der Waals surface area (Å²) in [5.74, 6) is 1.22. The predicted octanol–water partition coefficient (Wildman–Crippen LogP) is 1.97. The largest absolute Gasteiger partial charge is 0.497 e. The van der Waals surface area contributed by atoms with Crippen molar-refractivity contribution < 1.29 is 19.2 Å². The Morgan fingerprint density at radius 3 is 2.48 bits per heavy atom. The third-order valence-corrected chi connectivity index (χ3v) is 4.13. The molecule has 0 aliphatic rings. The number of rotatable bonds is 7. The van der Waals surface area contributed by atoms with Crippen LogP contribution in [-0.4, -0.2) is 33.7 Å². The molecule has 0 heterocycles. The number of anilines is 1. The molecule has 25 heavy (non-hydrogen) atoms. The van der Waals surface area contributed by atoms with Crippen molar-refractivity contribution in [2.24, 2.45) is 0 Å². The minimum atomic E-state index is -0.0613. The van der Waals surface area contributed by atoms with Crippen LogP contribution in [0.1, 0.15) is 16.7 Å². The molecule has 134 valence electrons. The Hall–Kier alpha value is -2.53. The van der Waals surface area contributed by atoms with Crippen molar-refractivity contribution in [1.82, 2.24) is 0 Å². The van der Waals surface area contributed by atoms with Gasteiger partial charge in [-0.2, -0.15) is 0 Å². The Kier molecular flexibility index (Phi) is 6.42. The number of carbonyl (C=O) groups is 1. The molecule has 0 aliphatic carbocycles. The normalized spacial score (nSPS) is 11.7. The number of hydrogen-bond donors (Lipinski definition) is 2. The fourth-order valence-corrected chi connectivity index (χ4v) is 2.81. The van der Waals surface area contributed by atoms with Gasteiger partial charge in [0, 0.05) is 11.6 Å². The van der Waals surface area contributed by atoms with Gasteiger partial charge in [-0.1, -0.05) is 23.8 Å². The number of likely N-dealkylation sites (N-methyl/N-ethyl adjacent to an activating group) is 1. The van der Waals surface area contributed by atoms with E-state index >= 15 is 0 Å². The molecule has 5 heteroatoms. The predicted molar refractivity (Wildman–Crippen MR) is 99.5 cm³/mol. The molecule has 0 saturated carbocycles. The third kappa shape index (κ3) is 5.22. The molecule has 2 aromatic rings. The number of hydrogen-bond acceptors (Lipinski definition) is 3. The van der Waals surface area contributed by atoms with Crippen LogP contribution >= 0.6 is 0 Å². The fraction of sp³-hybridized carbons (Fsp3) is 0.350. The van der Waals surface area contributed by atoms with Crippen molar-refractivity contribution in [2.75, 3.05) is 33.1 Å². The first kappa shape index (κ1) is 18.8. The monoisotopic (exact) mass is 343 g/mol. The fourth-order valence-electron chi connectivity index (χ4n) is 2.81. The highest BCUT2D eigenvalue weighted by atomic mass is 16.5. The van der Waals surface area contributed by atoms with Crippen molar-refractivity contribution in [3.8, 4) is 11.5 Å². The summed E-state index contributed by atoms with van der Waals surface area (Å²) in [4.78, 5) is 13.5. The number of amides is 1. The molecule has 0 aliphatic heterocycles. The van der Waals surface area contributed by atoms with Gasteiger partial charge in [-0.3, -0.25) is 4.79 Å². The van der Waals surface area contributed by atoms with E-state index in [9.17, 15) is 4.79 Å². The van der Waals surface area contributed by atoms with Gasteiger partial charge in [0.15, 0.2) is 6.54 Å². The summed E-state index contributed by atoms with van der Waals surface area (Å²) in [6.07, 6.45) is 0. The van der Waals surface area contributed by atoms with Gasteiger partial charge in [-0.25, -0.2) is 0 Å². The number of methoxy groups -OCH3 is 2. The molecular weight excluding hydrogens is 316 g/mol. The molecule has 1 amide bonds. The highest BCUT2D eigenvalue weighted by Gasteiger charge is 2.14. The second-order valence-corrected chi connectivity index (χ2v) is 6.35. The number of ether oxygens (including phenoxy) is 2. The molecule has 2 N–H and O–H groups in total. The van der Waals surface area contributed by atoms with Gasteiger partial charge < -0.3 is 19.7 Å². The van der Waals surface area contributed by atoms with Crippen LogP contribution in [0.15, 0.2) is 36.4 Å². The van der Waals surface area contributed by atoms with E-state index in [4.69, 9.17) is 9.47 Å². The SMILES string of the molecule is COc1ccc(OC)c(NC(=O)C[NH+](C)Cc2ccc(C)cc2C)c1. The molecule has 0 radical (unpaired) electrons. The van der Waals surface area contributed by atoms with Crippen molar-refractivity contribution in [1.29, 1.82) is 0 Å². The van der Waals surface area contributed by atoms with E-state index in [2.05, 4.69) is 37.4 Å². The summed E-state index contributed by atoms with van der Waals surface area (Å²) < 4.78 is 10.5. The zero-order valence-electron chi connectivity index (χ0n) is 15.6. The first-order valence-corrected chi connectivity index (χ1v) is 8.32. The number of nitrogens with one attached hydrogen (secondary N) is 2. The van der Waals surface area contributed by atoms with E-state index < -0.39 is 0 Å². The van der Waals surface area contributed by atoms with E-state index in [1.807, 2.05) is 7.05 Å². The number of carbonyl (C=O) groups excluding carboxylic acids is 1. The molecule has 1 atom stereocenters. The summed E-state index contributed by atoms with van der Waals surface area (Å²) in [7, 11) is 5.19. The Morgan fingerprint density at radius 1 is 1.08 bits per heavy atom. The highest BCUT2D eigenvalue weighted by molar-refractivity contribution is 5.93. The maximum Gasteiger partial charge on any atom is 0.279 e. The van der Waals surface area contributed by atoms with Crippen LogP contribution in [0, 0.1) is 13.8 Å². The molecule has 1 unspecified atom stereocenters. The molecule has 0 spiro atoms. The zero-order valence-corrected chi connectivity index (χ0v) is 15.6. The van der Waals surface area contributed by atoms with Crippen LogP contribution in [0.4, 0.5) is 5.69 Å². The van der Waals surface area contributed by atoms with Crippen molar-refractivity contribution in [3.63, 3.8) is 0 Å². The molecular formula is C20H27N2O3+. The molecule has 2 aromatic carbocycles. The second-order valence-electron chi connectivity index (χ2n) is 6.35. The third-order valence-electron chi connectivity index (χ3n) is 4.13. The number of aryl methyl sites for hydroxylation is 2. The van der Waals surface area contributed by atoms with Gasteiger partial charge >= 0.3 is 0 Å². The Labute approximate surface area is 149 Å². The minimum Gasteiger partial charge on any atom is -0.497 e. The van der Waals surface area contributed by atoms with Gasteiger partial charge in [0.1, 0.15) is 18.0 Å². The summed E-state index contributed by atoms with van der Waals surface area (Å²) >= 11 is 0. The first-order chi connectivity index (χ1) is 11.9. The lowest BCUT2D eigenvalue weighted by atomic mass is 10.1. The zero-order chi connectivity index (χ0) is 18.4. The lowest BCUT2D eigenvalue weighted by molar-refractivity contribution is -0.885. The van der Waals surface area contributed by atoms with Crippen LogP contribution in [0.3, 0.4) is 0 Å². The molecule has 5 nitrogen and oxygen atoms in total. The minimum absolute atomic E-state index is 0.0613. The summed E-state index contributed by atoms with van der Waals surface area (Å²) in [6.45, 7) is 5.36. The van der Waals surface area contributed by atoms with E-state index in [0.29, 0.717) is 23.7 Å². The Balaban J connectivity index is 1.99. The maximum atomic E-state index is 12.4. The lowest BCUT2D eigenvalue weighted by Gasteiger charge is -2.16. The van der Waals surface area contributed by atoms with Crippen LogP contribution < -0.4 is 19.7 Å². The van der Waals surface area contributed by atoms with Crippen molar-refractivity contribution in [3.05, 3.63) is 53.1 Å². The molecule has 0 fully saturated rings. The summed E-state index contributed by atoms with van der Waals surface area (Å²) in [5, 5.41) is 2.91. The summed E-state index contributed by atoms with van der Waals surface area (Å²) in [6, 6.07) is 11.8. The second kappa shape index (κ2) is 8.53. The number of quaternary nitrogens is 1. The topological polar surface area (TPSA) is 52.0 Å². The Morgan fingerprint density at radius 2 is 1.84 bits per heavy atom. The van der Waals surface area contributed by atoms with Gasteiger partial charge in [-0.15, -0.1) is 0 Å². The lowest BCUT2D eigenvalue weighted by Crippen LogP contribution is -3.08. The van der Waals surface area contributed by atoms with Crippen molar-refractivity contribution >= 4 is 11.6 Å². The van der Waals surface area contributed by atoms with E-state index in [1.54, 1.807) is 32.4 Å². The molecule has 2 rings (SSSR count). The van der Waals surface area contributed by atoms with Gasteiger partial charge in [0.05, 0.1) is 27.0 Å². The molecule has 0 aromatic heterocycles. The van der Waals surface area contributed by atoms with Crippen LogP contribution in [0.25, 0.3) is 0 Å². The average molecular weight is 343 g/mol. The van der Waals surface area contributed by atoms with Crippen LogP contribution in [-0.2, 0) is 11.3 Å². The average Bonchev–Trinajstić information content (AvgIpc) is 2.57. The summed E-state index contributed by atoms with van der Waals surface area (Å²) in [5.41, 5.74) is 4.39. The van der Waals surface area contributed by atoms with E-state index in [0.717, 1.165) is 11.4 Å². The smallest absolute Gasteiger partial charge is 0.279 e. The van der Waals surface area contributed by atoms with Gasteiger partial charge in [0.2, 0.25) is 0 Å². The van der Waals surface area contributed by atoms with E-state index in [1.165, 1.54) is 16.7 Å². The maximum absolute atomic E-state index is 12.4. The van der Waals surface area contributed by atoms with Crippen molar-refractivity contribution in [2.45, 2.75) is 20.4 Å². The van der Waals surface area contributed by atoms with Gasteiger partial charge in [0.25, 0.3) is 5.91 Å². The molecule has 0 saturated heterocycles. The van der Waals surface area contributed by atoms with Crippen LogP contribution in [0.5, 0.6) is 11.5 Å². The quantitative estimate of drug-likeness (QED) is 0.808. The van der Waals surface area contributed by atoms with Crippen LogP contribution in [0.2, 0.25) is 0 Å². The first-order valence-electron chi connectivity index (χ1n) is 8.32. The van der Waals surface area contributed by atoms with E-state index in [-0.39, 0.29) is 5.91 Å². The standard InChI is InChI=1S/C20H26N2O3/c1-14-6-7-16(15(2)10-14)12-22(3)13-20(23)21-18-11-17(24-4)8-9-19(18)25-5/h6-11H,12-13H2,1-5H3,(H,21,23)/p+1. The van der Waals surface area contributed by atoms with Gasteiger partial charge in [-0.05, 0) is 31.5 Å². The molecule has 0 bridgehead atoms. The number of benzene rings is 2.